The topological polar surface area (TPSA) is 41.4 Å². The van der Waals surface area contributed by atoms with Gasteiger partial charge in [0.25, 0.3) is 0 Å². The van der Waals surface area contributed by atoms with Gasteiger partial charge in [0.15, 0.2) is 0 Å². The van der Waals surface area contributed by atoms with Crippen molar-refractivity contribution >= 4 is 6.03 Å². The molecule has 1 aliphatic rings. The summed E-state index contributed by atoms with van der Waals surface area (Å²) < 4.78 is 1.84. The molecule has 0 aromatic carbocycles. The highest BCUT2D eigenvalue weighted by molar-refractivity contribution is 5.76. The first-order valence-electron chi connectivity index (χ1n) is 4.75. The van der Waals surface area contributed by atoms with E-state index in [9.17, 15) is 4.79 Å². The lowest BCUT2D eigenvalue weighted by molar-refractivity contribution is 0.196. The van der Waals surface area contributed by atoms with Gasteiger partial charge in [0.2, 0.25) is 0 Å². The summed E-state index contributed by atoms with van der Waals surface area (Å²) in [5.41, 5.74) is 0. The number of amides is 2. The molecule has 1 fully saturated rings. The second kappa shape index (κ2) is 3.69. The molecular formula is C9H14N4O. The van der Waals surface area contributed by atoms with E-state index in [4.69, 9.17) is 0 Å². The van der Waals surface area contributed by atoms with Gasteiger partial charge >= 0.3 is 6.03 Å². The summed E-state index contributed by atoms with van der Waals surface area (Å²) in [6, 6.07) is 2.01. The van der Waals surface area contributed by atoms with Crippen LogP contribution in [0.5, 0.6) is 0 Å². The van der Waals surface area contributed by atoms with E-state index in [2.05, 4.69) is 5.10 Å². The maximum atomic E-state index is 11.5. The number of aromatic nitrogens is 2. The van der Waals surface area contributed by atoms with Gasteiger partial charge in [0.1, 0.15) is 0 Å². The molecule has 1 aliphatic heterocycles. The van der Waals surface area contributed by atoms with Crippen LogP contribution in [0.3, 0.4) is 0 Å². The predicted octanol–water partition coefficient (Wildman–Crippen LogP) is 0.250. The lowest BCUT2D eigenvalue weighted by Gasteiger charge is -2.15. The number of nitrogens with zero attached hydrogens (tertiary/aromatic N) is 4. The molecule has 76 valence electrons. The van der Waals surface area contributed by atoms with Gasteiger partial charge in [-0.2, -0.15) is 5.10 Å². The zero-order chi connectivity index (χ0) is 9.97. The second-order valence-corrected chi connectivity index (χ2v) is 3.46. The summed E-state index contributed by atoms with van der Waals surface area (Å²) >= 11 is 0. The molecule has 5 nitrogen and oxygen atoms in total. The van der Waals surface area contributed by atoms with Crippen LogP contribution >= 0.6 is 0 Å². The quantitative estimate of drug-likeness (QED) is 0.692. The molecule has 0 N–H and O–H groups in total. The van der Waals surface area contributed by atoms with Gasteiger partial charge in [-0.15, -0.1) is 0 Å². The minimum absolute atomic E-state index is 0.122. The van der Waals surface area contributed by atoms with Crippen LogP contribution in [0.1, 0.15) is 0 Å². The Morgan fingerprint density at radius 1 is 1.43 bits per heavy atom. The Balaban J connectivity index is 1.84. The van der Waals surface area contributed by atoms with Crippen LogP contribution < -0.4 is 0 Å². The first-order valence-corrected chi connectivity index (χ1v) is 4.75. The number of carbonyl (C=O) groups excluding carboxylic acids is 1. The SMILES string of the molecule is CN1CCN(CCn2cccn2)C1=O. The normalized spacial score (nSPS) is 16.8. The van der Waals surface area contributed by atoms with Crippen molar-refractivity contribution in [1.82, 2.24) is 19.6 Å². The molecule has 0 radical (unpaired) electrons. The smallest absolute Gasteiger partial charge is 0.319 e. The fourth-order valence-corrected chi connectivity index (χ4v) is 1.57. The summed E-state index contributed by atoms with van der Waals surface area (Å²) in [4.78, 5) is 15.1. The average molecular weight is 194 g/mol. The van der Waals surface area contributed by atoms with E-state index >= 15 is 0 Å². The monoisotopic (exact) mass is 194 g/mol. The summed E-state index contributed by atoms with van der Waals surface area (Å²) in [6.07, 6.45) is 3.65. The van der Waals surface area contributed by atoms with Crippen molar-refractivity contribution < 1.29 is 4.79 Å². The standard InChI is InChI=1S/C9H14N4O/c1-11-5-6-12(9(11)14)7-8-13-4-2-3-10-13/h2-4H,5-8H2,1H3. The molecule has 0 saturated carbocycles. The van der Waals surface area contributed by atoms with E-state index < -0.39 is 0 Å². The van der Waals surface area contributed by atoms with Crippen molar-refractivity contribution in [2.75, 3.05) is 26.7 Å². The molecule has 2 amide bonds. The molecule has 0 unspecified atom stereocenters. The molecule has 14 heavy (non-hydrogen) atoms. The third kappa shape index (κ3) is 1.71. The third-order valence-corrected chi connectivity index (χ3v) is 2.46. The molecular weight excluding hydrogens is 180 g/mol. The average Bonchev–Trinajstić information content (AvgIpc) is 2.77. The van der Waals surface area contributed by atoms with Crippen LogP contribution in [0.2, 0.25) is 0 Å². The van der Waals surface area contributed by atoms with Crippen LogP contribution in [0.4, 0.5) is 4.79 Å². The van der Waals surface area contributed by atoms with Gasteiger partial charge in [0, 0.05) is 39.1 Å². The first-order chi connectivity index (χ1) is 6.77. The minimum Gasteiger partial charge on any atom is -0.326 e. The van der Waals surface area contributed by atoms with Crippen molar-refractivity contribution in [1.29, 1.82) is 0 Å². The number of hydrogen-bond acceptors (Lipinski definition) is 2. The van der Waals surface area contributed by atoms with Gasteiger partial charge in [0.05, 0.1) is 6.54 Å². The van der Waals surface area contributed by atoms with Crippen molar-refractivity contribution in [3.63, 3.8) is 0 Å². The first kappa shape index (κ1) is 9.05. The Morgan fingerprint density at radius 3 is 2.86 bits per heavy atom. The third-order valence-electron chi connectivity index (χ3n) is 2.46. The number of carbonyl (C=O) groups is 1. The van der Waals surface area contributed by atoms with Gasteiger partial charge in [-0.1, -0.05) is 0 Å². The Kier molecular flexibility index (Phi) is 2.39. The van der Waals surface area contributed by atoms with E-state index in [-0.39, 0.29) is 6.03 Å². The van der Waals surface area contributed by atoms with Crippen molar-refractivity contribution in [2.24, 2.45) is 0 Å². The molecule has 1 saturated heterocycles. The highest BCUT2D eigenvalue weighted by atomic mass is 16.2. The Bertz CT molecular complexity index is 309. The molecule has 0 spiro atoms. The van der Waals surface area contributed by atoms with E-state index in [0.29, 0.717) is 0 Å². The lowest BCUT2D eigenvalue weighted by Crippen LogP contribution is -2.32. The van der Waals surface area contributed by atoms with Crippen LogP contribution in [0.15, 0.2) is 18.5 Å². The summed E-state index contributed by atoms with van der Waals surface area (Å²) in [5, 5.41) is 4.09. The van der Waals surface area contributed by atoms with Gasteiger partial charge in [-0.05, 0) is 6.07 Å². The number of urea groups is 1. The zero-order valence-corrected chi connectivity index (χ0v) is 8.26. The fourth-order valence-electron chi connectivity index (χ4n) is 1.57. The Morgan fingerprint density at radius 2 is 2.29 bits per heavy atom. The van der Waals surface area contributed by atoms with Crippen LogP contribution in [0, 0.1) is 0 Å². The molecule has 1 aromatic rings. The van der Waals surface area contributed by atoms with E-state index in [0.717, 1.165) is 26.2 Å². The number of rotatable bonds is 3. The van der Waals surface area contributed by atoms with Crippen LogP contribution in [0.25, 0.3) is 0 Å². The van der Waals surface area contributed by atoms with Crippen molar-refractivity contribution in [2.45, 2.75) is 6.54 Å². The van der Waals surface area contributed by atoms with E-state index in [1.165, 1.54) is 0 Å². The zero-order valence-electron chi connectivity index (χ0n) is 8.26. The number of likely N-dealkylation sites (N-methyl/N-ethyl adjacent to an activating group) is 1. The van der Waals surface area contributed by atoms with Gasteiger partial charge in [-0.3, -0.25) is 4.68 Å². The van der Waals surface area contributed by atoms with Crippen molar-refractivity contribution in [3.8, 4) is 0 Å². The highest BCUT2D eigenvalue weighted by Gasteiger charge is 2.24. The van der Waals surface area contributed by atoms with Gasteiger partial charge < -0.3 is 9.80 Å². The molecule has 0 bridgehead atoms. The Hall–Kier alpha value is -1.52. The maximum absolute atomic E-state index is 11.5. The van der Waals surface area contributed by atoms with Crippen LogP contribution in [-0.4, -0.2) is 52.3 Å². The summed E-state index contributed by atoms with van der Waals surface area (Å²) in [5.74, 6) is 0. The molecule has 0 atom stereocenters. The molecule has 1 aromatic heterocycles. The fraction of sp³-hybridized carbons (Fsp3) is 0.556. The largest absolute Gasteiger partial charge is 0.326 e. The predicted molar refractivity (Wildman–Crippen MR) is 51.8 cm³/mol. The summed E-state index contributed by atoms with van der Waals surface area (Å²) in [7, 11) is 1.83. The van der Waals surface area contributed by atoms with E-state index in [1.807, 2.05) is 28.9 Å². The minimum atomic E-state index is 0.122. The molecule has 2 heterocycles. The van der Waals surface area contributed by atoms with Crippen LogP contribution in [-0.2, 0) is 6.54 Å². The number of hydrogen-bond donors (Lipinski definition) is 0. The maximum Gasteiger partial charge on any atom is 0.319 e. The van der Waals surface area contributed by atoms with Gasteiger partial charge in [-0.25, -0.2) is 4.79 Å². The molecule has 2 rings (SSSR count). The molecule has 0 aliphatic carbocycles. The van der Waals surface area contributed by atoms with E-state index in [1.54, 1.807) is 11.1 Å². The summed E-state index contributed by atoms with van der Waals surface area (Å²) in [6.45, 7) is 3.17. The Labute approximate surface area is 82.9 Å². The highest BCUT2D eigenvalue weighted by Crippen LogP contribution is 2.05. The van der Waals surface area contributed by atoms with Crippen molar-refractivity contribution in [3.05, 3.63) is 18.5 Å². The molecule has 5 heteroatoms. The second-order valence-electron chi connectivity index (χ2n) is 3.46. The lowest BCUT2D eigenvalue weighted by atomic mass is 10.5.